The van der Waals surface area contributed by atoms with E-state index in [1.165, 1.54) is 7.11 Å². The van der Waals surface area contributed by atoms with Crippen molar-refractivity contribution in [3.8, 4) is 11.3 Å². The van der Waals surface area contributed by atoms with E-state index in [1.54, 1.807) is 25.2 Å². The summed E-state index contributed by atoms with van der Waals surface area (Å²) in [5.41, 5.74) is 5.08. The number of rotatable bonds is 36. The summed E-state index contributed by atoms with van der Waals surface area (Å²) in [5.74, 6) is -3.18. The number of nitrogens with zero attached hydrogens (tertiary/aromatic N) is 2. The minimum Gasteiger partial charge on any atom is -0.469 e. The predicted octanol–water partition coefficient (Wildman–Crippen LogP) is 6.82. The zero-order valence-electron chi connectivity index (χ0n) is 44.7. The number of carbonyl (C=O) groups is 5. The highest BCUT2D eigenvalue weighted by atomic mass is 16.6. The Morgan fingerprint density at radius 2 is 1.19 bits per heavy atom. The van der Waals surface area contributed by atoms with E-state index >= 15 is 0 Å². The van der Waals surface area contributed by atoms with E-state index in [9.17, 15) is 24.0 Å². The molecule has 0 unspecified atom stereocenters. The van der Waals surface area contributed by atoms with Crippen LogP contribution in [-0.4, -0.2) is 152 Å². The molecule has 0 radical (unpaired) electrons. The number of nitrogens with one attached hydrogen (secondary N) is 2. The van der Waals surface area contributed by atoms with Crippen molar-refractivity contribution >= 4 is 29.7 Å². The van der Waals surface area contributed by atoms with Crippen molar-refractivity contribution in [3.05, 3.63) is 90.1 Å². The van der Waals surface area contributed by atoms with Crippen molar-refractivity contribution in [2.45, 2.75) is 92.8 Å². The van der Waals surface area contributed by atoms with Crippen LogP contribution < -0.4 is 10.7 Å². The molecule has 4 atom stereocenters. The quantitative estimate of drug-likeness (QED) is 0.0265. The van der Waals surface area contributed by atoms with Gasteiger partial charge in [0, 0.05) is 44.2 Å². The molecule has 0 bridgehead atoms. The molecule has 18 heteroatoms. The van der Waals surface area contributed by atoms with Gasteiger partial charge in [0.2, 0.25) is 5.91 Å². The average molecular weight is 1020 g/mol. The fourth-order valence-corrected chi connectivity index (χ4v) is 7.60. The molecule has 0 aliphatic heterocycles. The fraction of sp³-hybridized carbons (Fsp3) is 0.600. The molecule has 0 aliphatic carbocycles. The summed E-state index contributed by atoms with van der Waals surface area (Å²) in [6.45, 7) is 17.3. The number of methoxy groups -OCH3 is 2. The second kappa shape index (κ2) is 34.2. The fourth-order valence-electron chi connectivity index (χ4n) is 7.60. The molecule has 0 aliphatic rings. The maximum Gasteiger partial charge on any atom is 0.407 e. The van der Waals surface area contributed by atoms with Crippen LogP contribution in [0.2, 0.25) is 0 Å². The number of ketones is 1. The summed E-state index contributed by atoms with van der Waals surface area (Å²) in [5, 5.41) is 4.47. The minimum absolute atomic E-state index is 0.0314. The van der Waals surface area contributed by atoms with Crippen LogP contribution in [0.1, 0.15) is 78.9 Å². The second-order valence-electron chi connectivity index (χ2n) is 19.6. The van der Waals surface area contributed by atoms with Gasteiger partial charge in [0.25, 0.3) is 0 Å². The van der Waals surface area contributed by atoms with E-state index in [1.807, 2.05) is 114 Å². The number of pyridine rings is 1. The lowest BCUT2D eigenvalue weighted by molar-refractivity contribution is -0.156. The highest BCUT2D eigenvalue weighted by Crippen LogP contribution is 2.31. The lowest BCUT2D eigenvalue weighted by atomic mass is 9.78. The smallest absolute Gasteiger partial charge is 0.407 e. The zero-order chi connectivity index (χ0) is 53.5. The normalized spacial score (nSPS) is 13.4. The van der Waals surface area contributed by atoms with Gasteiger partial charge in [0.1, 0.15) is 12.7 Å². The number of benzene rings is 2. The number of hydrazine groups is 1. The number of amides is 2. The molecule has 0 fully saturated rings. The second-order valence-corrected chi connectivity index (χ2v) is 19.6. The number of hydrogen-bond donors (Lipinski definition) is 2. The van der Waals surface area contributed by atoms with Crippen LogP contribution in [0.3, 0.4) is 0 Å². The van der Waals surface area contributed by atoms with Gasteiger partial charge >= 0.3 is 18.0 Å². The van der Waals surface area contributed by atoms with E-state index in [4.69, 9.17) is 42.6 Å². The van der Waals surface area contributed by atoms with Gasteiger partial charge in [-0.3, -0.25) is 29.6 Å². The molecule has 0 spiro atoms. The van der Waals surface area contributed by atoms with Crippen LogP contribution >= 0.6 is 0 Å². The first kappa shape index (κ1) is 62.0. The van der Waals surface area contributed by atoms with Gasteiger partial charge in [0.15, 0.2) is 5.78 Å². The molecule has 3 rings (SSSR count). The zero-order valence-corrected chi connectivity index (χ0v) is 44.7. The van der Waals surface area contributed by atoms with Gasteiger partial charge in [-0.15, -0.1) is 0 Å². The van der Waals surface area contributed by atoms with Crippen LogP contribution in [0.25, 0.3) is 11.3 Å². The van der Waals surface area contributed by atoms with E-state index in [2.05, 4.69) is 15.7 Å². The van der Waals surface area contributed by atoms with Crippen LogP contribution in [0.4, 0.5) is 4.79 Å². The monoisotopic (exact) mass is 1020 g/mol. The molecule has 18 nitrogen and oxygen atoms in total. The highest BCUT2D eigenvalue weighted by Gasteiger charge is 2.39. The van der Waals surface area contributed by atoms with Crippen molar-refractivity contribution in [1.29, 1.82) is 0 Å². The molecular formula is C55H82N4O14. The maximum atomic E-state index is 14.7. The first-order chi connectivity index (χ1) is 34.9. The van der Waals surface area contributed by atoms with Gasteiger partial charge in [0.05, 0.1) is 110 Å². The number of alkyl carbamates (subject to hydrolysis) is 1. The SMILES string of the molecule is CCC(=O)O[C@@H](CN(Cc1ccc(-c2ccccn2)cc1)NC(=O)[C@@H](CC(=O)OC)C(C)(C)C)[C@@H](CC(=O)[C@@H](NC(=O)OCCOCCOCCOCCOCCOCCOC)C(C)(C)C)Cc1ccccc1. The Morgan fingerprint density at radius 3 is 1.70 bits per heavy atom. The minimum atomic E-state index is -0.997. The van der Waals surface area contributed by atoms with Gasteiger partial charge in [-0.25, -0.2) is 9.80 Å². The molecule has 406 valence electrons. The Bertz CT molecular complexity index is 2030. The molecule has 73 heavy (non-hydrogen) atoms. The summed E-state index contributed by atoms with van der Waals surface area (Å²) < 4.78 is 49.0. The molecule has 2 aromatic carbocycles. The highest BCUT2D eigenvalue weighted by molar-refractivity contribution is 5.88. The Hall–Kier alpha value is -5.34. The topological polar surface area (TPSA) is 209 Å². The van der Waals surface area contributed by atoms with Crippen LogP contribution in [0, 0.1) is 22.7 Å². The Balaban J connectivity index is 1.74. The summed E-state index contributed by atoms with van der Waals surface area (Å²) in [7, 11) is 2.90. The summed E-state index contributed by atoms with van der Waals surface area (Å²) in [6, 6.07) is 22.0. The number of esters is 2. The first-order valence-electron chi connectivity index (χ1n) is 25.1. The van der Waals surface area contributed by atoms with E-state index in [0.29, 0.717) is 65.9 Å². The van der Waals surface area contributed by atoms with Crippen molar-refractivity contribution in [2.75, 3.05) is 100 Å². The summed E-state index contributed by atoms with van der Waals surface area (Å²) >= 11 is 0. The molecule has 0 saturated heterocycles. The number of carbonyl (C=O) groups excluding carboxylic acids is 5. The lowest BCUT2D eigenvalue weighted by Crippen LogP contribution is -2.53. The standard InChI is InChI=1S/C55H82N4O14/c1-10-49(61)73-48(40-59(58-52(63)45(54(2,3)4)38-50(62)66-9)39-42-19-21-43(22-20-42)46-18-14-15-23-56-46)44(36-41-16-12-11-13-17-41)37-47(60)51(55(5,6)7)57-53(64)72-35-34-71-33-32-70-31-30-69-29-28-68-27-26-67-25-24-65-8/h11-23,44-45,48,51H,10,24-40H2,1-9H3,(H,57,64)(H,58,63)/t44-,45-,48+,51-/m1/s1. The molecule has 1 aromatic heterocycles. The summed E-state index contributed by atoms with van der Waals surface area (Å²) in [4.78, 5) is 72.7. The van der Waals surface area contributed by atoms with Crippen molar-refractivity contribution in [1.82, 2.24) is 20.7 Å². The van der Waals surface area contributed by atoms with Crippen LogP contribution in [0.5, 0.6) is 0 Å². The van der Waals surface area contributed by atoms with Crippen LogP contribution in [0.15, 0.2) is 79.0 Å². The maximum absolute atomic E-state index is 14.7. The van der Waals surface area contributed by atoms with Gasteiger partial charge in [-0.05, 0) is 40.5 Å². The Kier molecular flexibility index (Phi) is 29.0. The molecule has 1 heterocycles. The Morgan fingerprint density at radius 1 is 0.630 bits per heavy atom. The lowest BCUT2D eigenvalue weighted by Gasteiger charge is -2.36. The van der Waals surface area contributed by atoms with Crippen LogP contribution in [-0.2, 0) is 74.8 Å². The number of aromatic nitrogens is 1. The number of hydrogen-bond acceptors (Lipinski definition) is 16. The van der Waals surface area contributed by atoms with E-state index in [-0.39, 0.29) is 58.0 Å². The first-order valence-corrected chi connectivity index (χ1v) is 25.1. The third-order valence-corrected chi connectivity index (χ3v) is 11.6. The number of Topliss-reactive ketones (excluding diaryl/α,β-unsaturated/α-hetero) is 1. The largest absolute Gasteiger partial charge is 0.469 e. The predicted molar refractivity (Wildman–Crippen MR) is 275 cm³/mol. The molecule has 0 saturated carbocycles. The van der Waals surface area contributed by atoms with Crippen molar-refractivity contribution in [2.24, 2.45) is 22.7 Å². The molecular weight excluding hydrogens is 941 g/mol. The van der Waals surface area contributed by atoms with E-state index in [0.717, 1.165) is 22.4 Å². The van der Waals surface area contributed by atoms with E-state index < -0.39 is 58.8 Å². The average Bonchev–Trinajstić information content (AvgIpc) is 3.36. The molecule has 2 N–H and O–H groups in total. The van der Waals surface area contributed by atoms with Gasteiger partial charge in [-0.1, -0.05) is 109 Å². The van der Waals surface area contributed by atoms with Gasteiger partial charge < -0.3 is 47.9 Å². The number of ether oxygens (including phenoxy) is 9. The third kappa shape index (κ3) is 25.4. The molecule has 2 amide bonds. The van der Waals surface area contributed by atoms with Crippen molar-refractivity contribution < 1.29 is 66.6 Å². The molecule has 3 aromatic rings. The van der Waals surface area contributed by atoms with Gasteiger partial charge in [-0.2, -0.15) is 0 Å². The Labute approximate surface area is 432 Å². The van der Waals surface area contributed by atoms with Crippen molar-refractivity contribution in [3.63, 3.8) is 0 Å². The summed E-state index contributed by atoms with van der Waals surface area (Å²) in [6.07, 6.45) is 0.0970. The third-order valence-electron chi connectivity index (χ3n) is 11.6.